The second-order valence-electron chi connectivity index (χ2n) is 8.15. The van der Waals surface area contributed by atoms with E-state index < -0.39 is 11.2 Å². The molecule has 4 aromatic rings. The van der Waals surface area contributed by atoms with Gasteiger partial charge in [-0.15, -0.1) is 0 Å². The number of benzene rings is 2. The maximum absolute atomic E-state index is 14.0. The van der Waals surface area contributed by atoms with Gasteiger partial charge in [-0.2, -0.15) is 0 Å². The molecule has 8 nitrogen and oxygen atoms in total. The lowest BCUT2D eigenvalue weighted by molar-refractivity contribution is 0.392. The van der Waals surface area contributed by atoms with E-state index in [1.807, 2.05) is 18.2 Å². The molecule has 170 valence electrons. The summed E-state index contributed by atoms with van der Waals surface area (Å²) in [4.78, 5) is 32.3. The van der Waals surface area contributed by atoms with Gasteiger partial charge in [0.1, 0.15) is 22.8 Å². The van der Waals surface area contributed by atoms with Crippen LogP contribution in [-0.4, -0.2) is 35.4 Å². The van der Waals surface area contributed by atoms with Crippen LogP contribution in [0.25, 0.3) is 27.5 Å². The Morgan fingerprint density at radius 2 is 1.67 bits per heavy atom. The van der Waals surface area contributed by atoms with E-state index in [0.29, 0.717) is 39.4 Å². The molecule has 2 heterocycles. The van der Waals surface area contributed by atoms with Crippen LogP contribution >= 0.6 is 0 Å². The average molecular weight is 447 g/mol. The zero-order chi connectivity index (χ0) is 23.1. The highest BCUT2D eigenvalue weighted by atomic mass is 16.5. The SMILES string of the molecule is COc1ccc(-n2c(=O)c3cnc4c(OC)cccc4c3n(C3CCCC3)c2=O)c(OC)c1. The minimum Gasteiger partial charge on any atom is -0.497 e. The van der Waals surface area contributed by atoms with E-state index in [-0.39, 0.29) is 6.04 Å². The van der Waals surface area contributed by atoms with Gasteiger partial charge in [0.2, 0.25) is 0 Å². The second-order valence-corrected chi connectivity index (χ2v) is 8.15. The lowest BCUT2D eigenvalue weighted by Gasteiger charge is -2.21. The van der Waals surface area contributed by atoms with Crippen molar-refractivity contribution in [3.05, 3.63) is 63.4 Å². The average Bonchev–Trinajstić information content (AvgIpc) is 3.38. The number of hydrogen-bond donors (Lipinski definition) is 0. The van der Waals surface area contributed by atoms with Crippen LogP contribution in [0.1, 0.15) is 31.7 Å². The van der Waals surface area contributed by atoms with Crippen molar-refractivity contribution in [1.82, 2.24) is 14.1 Å². The quantitative estimate of drug-likeness (QED) is 0.432. The van der Waals surface area contributed by atoms with Gasteiger partial charge in [0, 0.05) is 23.7 Å². The summed E-state index contributed by atoms with van der Waals surface area (Å²) in [6, 6.07) is 10.6. The van der Waals surface area contributed by atoms with Crippen LogP contribution in [-0.2, 0) is 0 Å². The molecule has 2 aromatic heterocycles. The highest BCUT2D eigenvalue weighted by Gasteiger charge is 2.26. The molecule has 8 heteroatoms. The minimum absolute atomic E-state index is 0.00658. The van der Waals surface area contributed by atoms with E-state index in [9.17, 15) is 9.59 Å². The molecule has 0 radical (unpaired) electrons. The molecule has 1 fully saturated rings. The molecule has 2 aromatic carbocycles. The summed E-state index contributed by atoms with van der Waals surface area (Å²) in [6.07, 6.45) is 5.37. The Balaban J connectivity index is 1.94. The number of hydrogen-bond acceptors (Lipinski definition) is 6. The van der Waals surface area contributed by atoms with Crippen molar-refractivity contribution in [2.75, 3.05) is 21.3 Å². The first kappa shape index (κ1) is 21.1. The number of methoxy groups -OCH3 is 3. The van der Waals surface area contributed by atoms with Gasteiger partial charge in [-0.1, -0.05) is 25.0 Å². The Kier molecular flexibility index (Phi) is 5.28. The third-order valence-corrected chi connectivity index (χ3v) is 6.44. The number of fused-ring (bicyclic) bond motifs is 3. The third-order valence-electron chi connectivity index (χ3n) is 6.44. The second kappa shape index (κ2) is 8.27. The predicted molar refractivity (Wildman–Crippen MR) is 126 cm³/mol. The molecule has 33 heavy (non-hydrogen) atoms. The van der Waals surface area contributed by atoms with Crippen molar-refractivity contribution < 1.29 is 14.2 Å². The van der Waals surface area contributed by atoms with E-state index >= 15 is 0 Å². The molecule has 0 atom stereocenters. The number of rotatable bonds is 5. The summed E-state index contributed by atoms with van der Waals surface area (Å²) in [5.74, 6) is 1.54. The molecule has 0 amide bonds. The lowest BCUT2D eigenvalue weighted by atomic mass is 10.1. The number of ether oxygens (including phenoxy) is 3. The Bertz CT molecular complexity index is 1480. The van der Waals surface area contributed by atoms with Crippen molar-refractivity contribution >= 4 is 21.8 Å². The molecule has 0 N–H and O–H groups in total. The van der Waals surface area contributed by atoms with Gasteiger partial charge in [0.25, 0.3) is 5.56 Å². The predicted octanol–water partition coefficient (Wildman–Crippen LogP) is 3.84. The first-order chi connectivity index (χ1) is 16.1. The van der Waals surface area contributed by atoms with Gasteiger partial charge in [0.05, 0.1) is 37.9 Å². The van der Waals surface area contributed by atoms with Crippen LogP contribution in [0.4, 0.5) is 0 Å². The zero-order valence-corrected chi connectivity index (χ0v) is 18.8. The summed E-state index contributed by atoms with van der Waals surface area (Å²) < 4.78 is 19.2. The molecule has 0 aliphatic heterocycles. The Hall–Kier alpha value is -3.81. The third kappa shape index (κ3) is 3.25. The smallest absolute Gasteiger partial charge is 0.336 e. The fourth-order valence-corrected chi connectivity index (χ4v) is 4.86. The maximum atomic E-state index is 14.0. The number of para-hydroxylation sites is 1. The molecule has 0 saturated heterocycles. The molecule has 1 saturated carbocycles. The van der Waals surface area contributed by atoms with E-state index in [1.165, 1.54) is 11.7 Å². The first-order valence-corrected chi connectivity index (χ1v) is 10.9. The highest BCUT2D eigenvalue weighted by molar-refractivity contribution is 6.05. The number of nitrogens with zero attached hydrogens (tertiary/aromatic N) is 3. The van der Waals surface area contributed by atoms with Crippen LogP contribution in [0.2, 0.25) is 0 Å². The van der Waals surface area contributed by atoms with E-state index in [2.05, 4.69) is 4.98 Å². The monoisotopic (exact) mass is 447 g/mol. The topological polar surface area (TPSA) is 84.6 Å². The Labute approximate surface area is 190 Å². The molecule has 1 aliphatic rings. The van der Waals surface area contributed by atoms with Crippen molar-refractivity contribution in [1.29, 1.82) is 0 Å². The van der Waals surface area contributed by atoms with Gasteiger partial charge in [-0.25, -0.2) is 9.36 Å². The fraction of sp³-hybridized carbons (Fsp3) is 0.320. The van der Waals surface area contributed by atoms with Crippen molar-refractivity contribution in [2.24, 2.45) is 0 Å². The van der Waals surface area contributed by atoms with Gasteiger partial charge in [-0.3, -0.25) is 14.3 Å². The van der Waals surface area contributed by atoms with Crippen LogP contribution in [0, 0.1) is 0 Å². The lowest BCUT2D eigenvalue weighted by Crippen LogP contribution is -2.40. The molecular weight excluding hydrogens is 422 g/mol. The van der Waals surface area contributed by atoms with Crippen LogP contribution < -0.4 is 25.5 Å². The summed E-state index contributed by atoms with van der Waals surface area (Å²) >= 11 is 0. The van der Waals surface area contributed by atoms with Gasteiger partial charge in [-0.05, 0) is 31.0 Å². The first-order valence-electron chi connectivity index (χ1n) is 10.9. The molecule has 0 bridgehead atoms. The van der Waals surface area contributed by atoms with E-state index in [4.69, 9.17) is 14.2 Å². The molecule has 0 unspecified atom stereocenters. The molecular formula is C25H25N3O5. The van der Waals surface area contributed by atoms with Crippen molar-refractivity contribution in [2.45, 2.75) is 31.7 Å². The van der Waals surface area contributed by atoms with E-state index in [1.54, 1.807) is 43.2 Å². The summed E-state index contributed by atoms with van der Waals surface area (Å²) in [5.41, 5.74) is 0.762. The summed E-state index contributed by atoms with van der Waals surface area (Å²) in [5, 5.41) is 1.10. The van der Waals surface area contributed by atoms with E-state index in [0.717, 1.165) is 31.1 Å². The maximum Gasteiger partial charge on any atom is 0.336 e. The fourth-order valence-electron chi connectivity index (χ4n) is 4.86. The van der Waals surface area contributed by atoms with Crippen LogP contribution in [0.5, 0.6) is 17.2 Å². The highest BCUT2D eigenvalue weighted by Crippen LogP contribution is 2.35. The minimum atomic E-state index is -0.440. The molecule has 5 rings (SSSR count). The normalized spacial score (nSPS) is 14.2. The van der Waals surface area contributed by atoms with Crippen molar-refractivity contribution in [3.63, 3.8) is 0 Å². The standard InChI is InChI=1S/C25H25N3O5/c1-31-16-11-12-19(21(13-16)33-3)28-24(29)18-14-26-22-17(9-6-10-20(22)32-2)23(18)27(25(28)30)15-7-4-5-8-15/h6,9-15H,4-5,7-8H2,1-3H3. The van der Waals surface area contributed by atoms with Gasteiger partial charge in [0.15, 0.2) is 0 Å². The number of pyridine rings is 1. The molecule has 0 spiro atoms. The number of aromatic nitrogens is 3. The molecule has 1 aliphatic carbocycles. The summed E-state index contributed by atoms with van der Waals surface area (Å²) in [7, 11) is 4.63. The van der Waals surface area contributed by atoms with Gasteiger partial charge >= 0.3 is 5.69 Å². The van der Waals surface area contributed by atoms with Crippen LogP contribution in [0.3, 0.4) is 0 Å². The van der Waals surface area contributed by atoms with Crippen molar-refractivity contribution in [3.8, 4) is 22.9 Å². The van der Waals surface area contributed by atoms with Crippen LogP contribution in [0.15, 0.2) is 52.2 Å². The zero-order valence-electron chi connectivity index (χ0n) is 18.8. The Morgan fingerprint density at radius 1 is 0.909 bits per heavy atom. The Morgan fingerprint density at radius 3 is 2.36 bits per heavy atom. The summed E-state index contributed by atoms with van der Waals surface area (Å²) in [6.45, 7) is 0. The van der Waals surface area contributed by atoms with Gasteiger partial charge < -0.3 is 14.2 Å². The largest absolute Gasteiger partial charge is 0.497 e.